The number of aliphatic hydroxyl groups is 1. The van der Waals surface area contributed by atoms with Crippen LogP contribution >= 0.6 is 0 Å². The molecule has 0 aromatic carbocycles. The van der Waals surface area contributed by atoms with Crippen molar-refractivity contribution < 1.29 is 9.84 Å². The van der Waals surface area contributed by atoms with Gasteiger partial charge < -0.3 is 9.84 Å². The van der Waals surface area contributed by atoms with Crippen LogP contribution in [0.1, 0.15) is 25.2 Å². The van der Waals surface area contributed by atoms with E-state index in [2.05, 4.69) is 10.2 Å². The molecule has 0 spiro atoms. The Balaban J connectivity index is 2.41. The van der Waals surface area contributed by atoms with Gasteiger partial charge in [-0.05, 0) is 19.9 Å². The minimum Gasteiger partial charge on any atom is -0.390 e. The highest BCUT2D eigenvalue weighted by atomic mass is 16.5. The summed E-state index contributed by atoms with van der Waals surface area (Å²) in [6.07, 6.45) is 0.214. The lowest BCUT2D eigenvalue weighted by molar-refractivity contribution is 0.0635. The Labute approximate surface area is 71.6 Å². The van der Waals surface area contributed by atoms with Crippen LogP contribution < -0.4 is 0 Å². The van der Waals surface area contributed by atoms with Crippen LogP contribution in [-0.2, 0) is 18.0 Å². The van der Waals surface area contributed by atoms with E-state index in [-0.39, 0.29) is 12.7 Å². The Morgan fingerprint density at radius 3 is 2.92 bits per heavy atom. The molecule has 0 atom stereocenters. The number of hydrogen-bond acceptors (Lipinski definition) is 3. The van der Waals surface area contributed by atoms with E-state index in [4.69, 9.17) is 9.84 Å². The summed E-state index contributed by atoms with van der Waals surface area (Å²) in [5.41, 5.74) is 1.55. The van der Waals surface area contributed by atoms with E-state index >= 15 is 0 Å². The van der Waals surface area contributed by atoms with Gasteiger partial charge in [0, 0.05) is 0 Å². The van der Waals surface area contributed by atoms with Gasteiger partial charge in [0.25, 0.3) is 0 Å². The van der Waals surface area contributed by atoms with Crippen LogP contribution in [0.5, 0.6) is 0 Å². The van der Waals surface area contributed by atoms with E-state index in [0.29, 0.717) is 12.3 Å². The molecule has 0 saturated carbocycles. The molecule has 0 saturated heterocycles. The van der Waals surface area contributed by atoms with E-state index in [1.165, 1.54) is 0 Å². The van der Waals surface area contributed by atoms with Crippen LogP contribution in [0.2, 0.25) is 0 Å². The lowest BCUT2D eigenvalue weighted by Crippen LogP contribution is -2.02. The molecule has 4 heteroatoms. The van der Waals surface area contributed by atoms with Crippen LogP contribution in [0.4, 0.5) is 0 Å². The van der Waals surface area contributed by atoms with Gasteiger partial charge in [0.1, 0.15) is 0 Å². The molecule has 1 rings (SSSR count). The molecule has 0 fully saturated rings. The third-order valence-corrected chi connectivity index (χ3v) is 1.42. The summed E-state index contributed by atoms with van der Waals surface area (Å²) in [4.78, 5) is 0. The third kappa shape index (κ3) is 2.64. The number of aromatic amines is 1. The SMILES string of the molecule is CC(C)OCc1cc(CO)n[nH]1. The fraction of sp³-hybridized carbons (Fsp3) is 0.625. The van der Waals surface area contributed by atoms with E-state index in [1.807, 2.05) is 13.8 Å². The molecule has 0 bridgehead atoms. The summed E-state index contributed by atoms with van der Waals surface area (Å²) in [5, 5.41) is 15.3. The molecule has 0 unspecified atom stereocenters. The third-order valence-electron chi connectivity index (χ3n) is 1.42. The zero-order chi connectivity index (χ0) is 8.97. The van der Waals surface area contributed by atoms with Crippen molar-refractivity contribution in [3.63, 3.8) is 0 Å². The topological polar surface area (TPSA) is 58.1 Å². The van der Waals surface area contributed by atoms with Crippen molar-refractivity contribution in [1.82, 2.24) is 10.2 Å². The van der Waals surface area contributed by atoms with Gasteiger partial charge in [-0.15, -0.1) is 0 Å². The van der Waals surface area contributed by atoms with Gasteiger partial charge in [-0.2, -0.15) is 5.10 Å². The van der Waals surface area contributed by atoms with Crippen molar-refractivity contribution >= 4 is 0 Å². The van der Waals surface area contributed by atoms with Crippen LogP contribution in [0, 0.1) is 0 Å². The lowest BCUT2D eigenvalue weighted by atomic mass is 10.4. The quantitative estimate of drug-likeness (QED) is 0.703. The minimum absolute atomic E-state index is 0.0296. The molecule has 68 valence electrons. The van der Waals surface area contributed by atoms with Gasteiger partial charge in [0.05, 0.1) is 30.7 Å². The molecule has 0 amide bonds. The van der Waals surface area contributed by atoms with Gasteiger partial charge in [-0.25, -0.2) is 0 Å². The fourth-order valence-corrected chi connectivity index (χ4v) is 0.821. The zero-order valence-corrected chi connectivity index (χ0v) is 7.37. The molecule has 0 aliphatic rings. The largest absolute Gasteiger partial charge is 0.390 e. The van der Waals surface area contributed by atoms with Crippen molar-refractivity contribution in [2.75, 3.05) is 0 Å². The average molecular weight is 170 g/mol. The first-order valence-electron chi connectivity index (χ1n) is 3.98. The maximum absolute atomic E-state index is 8.71. The van der Waals surface area contributed by atoms with Gasteiger partial charge >= 0.3 is 0 Å². The predicted molar refractivity (Wildman–Crippen MR) is 44.4 cm³/mol. The standard InChI is InChI=1S/C8H14N2O2/c1-6(2)12-5-8-3-7(4-11)9-10-8/h3,6,11H,4-5H2,1-2H3,(H,9,10). The molecule has 0 aliphatic heterocycles. The first kappa shape index (κ1) is 9.22. The highest BCUT2D eigenvalue weighted by molar-refractivity contribution is 5.06. The molecular weight excluding hydrogens is 156 g/mol. The second kappa shape index (κ2) is 4.23. The maximum atomic E-state index is 8.71. The Morgan fingerprint density at radius 1 is 1.67 bits per heavy atom. The van der Waals surface area contributed by atoms with E-state index in [1.54, 1.807) is 6.07 Å². The van der Waals surface area contributed by atoms with Crippen LogP contribution in [-0.4, -0.2) is 21.4 Å². The van der Waals surface area contributed by atoms with Crippen molar-refractivity contribution in [2.45, 2.75) is 33.2 Å². The normalized spacial score (nSPS) is 11.0. The Bertz CT molecular complexity index is 233. The van der Waals surface area contributed by atoms with Gasteiger partial charge in [0.2, 0.25) is 0 Å². The molecule has 1 heterocycles. The average Bonchev–Trinajstić information content (AvgIpc) is 2.48. The summed E-state index contributed by atoms with van der Waals surface area (Å²) < 4.78 is 5.33. The highest BCUT2D eigenvalue weighted by Crippen LogP contribution is 2.02. The fourth-order valence-electron chi connectivity index (χ4n) is 0.821. The maximum Gasteiger partial charge on any atom is 0.0885 e. The number of hydrogen-bond donors (Lipinski definition) is 2. The Kier molecular flexibility index (Phi) is 3.25. The van der Waals surface area contributed by atoms with Crippen LogP contribution in [0.15, 0.2) is 6.07 Å². The monoisotopic (exact) mass is 170 g/mol. The van der Waals surface area contributed by atoms with Crippen molar-refractivity contribution in [3.8, 4) is 0 Å². The number of ether oxygens (including phenoxy) is 1. The number of aliphatic hydroxyl groups excluding tert-OH is 1. The van der Waals surface area contributed by atoms with Crippen molar-refractivity contribution in [2.24, 2.45) is 0 Å². The lowest BCUT2D eigenvalue weighted by Gasteiger charge is -2.04. The highest BCUT2D eigenvalue weighted by Gasteiger charge is 2.00. The van der Waals surface area contributed by atoms with Gasteiger partial charge in [-0.1, -0.05) is 0 Å². The summed E-state index contributed by atoms with van der Waals surface area (Å²) in [6, 6.07) is 1.79. The zero-order valence-electron chi connectivity index (χ0n) is 7.37. The summed E-state index contributed by atoms with van der Waals surface area (Å²) >= 11 is 0. The first-order chi connectivity index (χ1) is 5.72. The molecule has 1 aromatic heterocycles. The second-order valence-electron chi connectivity index (χ2n) is 2.90. The summed E-state index contributed by atoms with van der Waals surface area (Å²) in [5.74, 6) is 0. The molecule has 1 aromatic rings. The molecule has 0 radical (unpaired) electrons. The molecule has 4 nitrogen and oxygen atoms in total. The smallest absolute Gasteiger partial charge is 0.0885 e. The van der Waals surface area contributed by atoms with Crippen molar-refractivity contribution in [3.05, 3.63) is 17.5 Å². The van der Waals surface area contributed by atoms with E-state index in [0.717, 1.165) is 5.69 Å². The number of nitrogens with one attached hydrogen (secondary N) is 1. The van der Waals surface area contributed by atoms with Gasteiger partial charge in [0.15, 0.2) is 0 Å². The molecule has 0 aliphatic carbocycles. The van der Waals surface area contributed by atoms with Crippen LogP contribution in [0.3, 0.4) is 0 Å². The summed E-state index contributed by atoms with van der Waals surface area (Å²) in [7, 11) is 0. The van der Waals surface area contributed by atoms with Gasteiger partial charge in [-0.3, -0.25) is 5.10 Å². The molecular formula is C8H14N2O2. The predicted octanol–water partition coefficient (Wildman–Crippen LogP) is 0.827. The van der Waals surface area contributed by atoms with Crippen molar-refractivity contribution in [1.29, 1.82) is 0 Å². The van der Waals surface area contributed by atoms with E-state index < -0.39 is 0 Å². The van der Waals surface area contributed by atoms with E-state index in [9.17, 15) is 0 Å². The number of H-pyrrole nitrogens is 1. The minimum atomic E-state index is -0.0296. The number of nitrogens with zero attached hydrogens (tertiary/aromatic N) is 1. The molecule has 2 N–H and O–H groups in total. The first-order valence-corrected chi connectivity index (χ1v) is 3.98. The second-order valence-corrected chi connectivity index (χ2v) is 2.90. The number of aromatic nitrogens is 2. The molecule has 12 heavy (non-hydrogen) atoms. The van der Waals surface area contributed by atoms with Crippen LogP contribution in [0.25, 0.3) is 0 Å². The summed E-state index contributed by atoms with van der Waals surface area (Å²) in [6.45, 7) is 4.44. The Hall–Kier alpha value is -0.870. The number of rotatable bonds is 4. The Morgan fingerprint density at radius 2 is 2.42 bits per heavy atom.